The highest BCUT2D eigenvalue weighted by Crippen LogP contribution is 2.35. The molecule has 5 rings (SSSR count). The number of nitrogens with zero attached hydrogens (tertiary/aromatic N) is 3. The van der Waals surface area contributed by atoms with Gasteiger partial charge in [0, 0.05) is 12.1 Å². The Labute approximate surface area is 205 Å². The van der Waals surface area contributed by atoms with Crippen molar-refractivity contribution in [3.05, 3.63) is 109 Å². The van der Waals surface area contributed by atoms with Crippen molar-refractivity contribution in [2.75, 3.05) is 18.1 Å². The van der Waals surface area contributed by atoms with Gasteiger partial charge in [0.1, 0.15) is 11.1 Å². The van der Waals surface area contributed by atoms with E-state index in [1.807, 2.05) is 61.5 Å². The first-order valence-electron chi connectivity index (χ1n) is 11.3. The number of carbonyl (C=O) groups is 2. The fourth-order valence-corrected chi connectivity index (χ4v) is 5.75. The van der Waals surface area contributed by atoms with E-state index in [-0.39, 0.29) is 23.6 Å². The minimum atomic E-state index is -0.729. The van der Waals surface area contributed by atoms with Crippen molar-refractivity contribution in [1.82, 2.24) is 4.57 Å². The van der Waals surface area contributed by atoms with Crippen LogP contribution in [0.3, 0.4) is 0 Å². The van der Waals surface area contributed by atoms with E-state index in [2.05, 4.69) is 11.6 Å². The van der Waals surface area contributed by atoms with Crippen molar-refractivity contribution in [1.29, 1.82) is 0 Å². The van der Waals surface area contributed by atoms with Crippen molar-refractivity contribution in [3.8, 4) is 0 Å². The first kappa shape index (κ1) is 22.7. The summed E-state index contributed by atoms with van der Waals surface area (Å²) in [4.78, 5) is 47.1. The smallest absolute Gasteiger partial charge is 0.338 e. The summed E-state index contributed by atoms with van der Waals surface area (Å²) in [5.41, 5.74) is 3.02. The van der Waals surface area contributed by atoms with Crippen LogP contribution in [-0.2, 0) is 14.3 Å². The zero-order valence-electron chi connectivity index (χ0n) is 19.4. The summed E-state index contributed by atoms with van der Waals surface area (Å²) in [6.07, 6.45) is 1.49. The Bertz CT molecular complexity index is 1580. The number of para-hydroxylation sites is 1. The minimum Gasteiger partial charge on any atom is -0.458 e. The molecule has 2 aromatic carbocycles. The van der Waals surface area contributed by atoms with Crippen LogP contribution in [-0.4, -0.2) is 29.6 Å². The summed E-state index contributed by atoms with van der Waals surface area (Å²) in [5, 5.41) is 0. The molecular formula is C27H23N3O4S. The van der Waals surface area contributed by atoms with Gasteiger partial charge in [-0.3, -0.25) is 14.2 Å². The molecule has 35 heavy (non-hydrogen) atoms. The topological polar surface area (TPSA) is 81.0 Å². The molecule has 3 heterocycles. The van der Waals surface area contributed by atoms with E-state index in [0.717, 1.165) is 16.8 Å². The van der Waals surface area contributed by atoms with E-state index in [1.165, 1.54) is 22.0 Å². The summed E-state index contributed by atoms with van der Waals surface area (Å²) in [7, 11) is 0. The van der Waals surface area contributed by atoms with Crippen molar-refractivity contribution in [2.24, 2.45) is 4.99 Å². The second-order valence-electron chi connectivity index (χ2n) is 8.14. The monoisotopic (exact) mass is 485 g/mol. The number of hydrogen-bond donors (Lipinski definition) is 0. The van der Waals surface area contributed by atoms with Gasteiger partial charge in [-0.05, 0) is 25.5 Å². The number of aromatic nitrogens is 1. The number of likely N-dealkylation sites (N-methyl/N-ethyl adjacent to an activating group) is 1. The Balaban J connectivity index is 1.80. The van der Waals surface area contributed by atoms with Crippen LogP contribution < -0.4 is 19.8 Å². The third-order valence-corrected chi connectivity index (χ3v) is 7.18. The van der Waals surface area contributed by atoms with Crippen molar-refractivity contribution < 1.29 is 14.3 Å². The first-order chi connectivity index (χ1) is 17.0. The maximum Gasteiger partial charge on any atom is 0.338 e. The van der Waals surface area contributed by atoms with E-state index < -0.39 is 12.0 Å². The molecule has 0 spiro atoms. The van der Waals surface area contributed by atoms with Crippen LogP contribution in [0.15, 0.2) is 88.3 Å². The summed E-state index contributed by atoms with van der Waals surface area (Å²) < 4.78 is 7.17. The fraction of sp³-hybridized carbons (Fsp3) is 0.185. The predicted octanol–water partition coefficient (Wildman–Crippen LogP) is 2.70. The quantitative estimate of drug-likeness (QED) is 0.411. The molecule has 0 bridgehead atoms. The second-order valence-corrected chi connectivity index (χ2v) is 9.12. The van der Waals surface area contributed by atoms with E-state index in [4.69, 9.17) is 4.74 Å². The molecule has 8 heteroatoms. The lowest BCUT2D eigenvalue weighted by molar-refractivity contribution is -0.138. The second kappa shape index (κ2) is 8.96. The number of ether oxygens (including phenoxy) is 1. The van der Waals surface area contributed by atoms with Gasteiger partial charge >= 0.3 is 5.97 Å². The van der Waals surface area contributed by atoms with Gasteiger partial charge in [0.2, 0.25) is 0 Å². The lowest BCUT2D eigenvalue weighted by Crippen LogP contribution is -2.41. The van der Waals surface area contributed by atoms with Crippen LogP contribution in [0.25, 0.3) is 5.57 Å². The molecule has 0 aliphatic carbocycles. The summed E-state index contributed by atoms with van der Waals surface area (Å²) in [6.45, 7) is 7.77. The Morgan fingerprint density at radius 2 is 1.86 bits per heavy atom. The number of rotatable bonds is 5. The maximum atomic E-state index is 14.0. The molecule has 1 atom stereocenters. The third-order valence-electron chi connectivity index (χ3n) is 6.13. The highest BCUT2D eigenvalue weighted by atomic mass is 32.1. The van der Waals surface area contributed by atoms with Gasteiger partial charge in [-0.25, -0.2) is 9.79 Å². The molecule has 1 aromatic heterocycles. The molecule has 0 N–H and O–H groups in total. The molecule has 2 aliphatic heterocycles. The van der Waals surface area contributed by atoms with E-state index in [9.17, 15) is 14.4 Å². The summed E-state index contributed by atoms with van der Waals surface area (Å²) >= 11 is 1.17. The van der Waals surface area contributed by atoms with Gasteiger partial charge < -0.3 is 9.64 Å². The number of fused-ring (bicyclic) bond motifs is 2. The molecule has 0 saturated heterocycles. The van der Waals surface area contributed by atoms with E-state index in [1.54, 1.807) is 11.8 Å². The van der Waals surface area contributed by atoms with Gasteiger partial charge in [-0.15, -0.1) is 0 Å². The average Bonchev–Trinajstić information content (AvgIpc) is 3.34. The number of amides is 1. The molecule has 176 valence electrons. The van der Waals surface area contributed by atoms with Crippen molar-refractivity contribution >= 4 is 34.5 Å². The Kier molecular flexibility index (Phi) is 5.82. The molecule has 0 saturated carbocycles. The Hall–Kier alpha value is -4.04. The normalized spacial score (nSPS) is 18.2. The number of hydrogen-bond acceptors (Lipinski definition) is 6. The summed E-state index contributed by atoms with van der Waals surface area (Å²) in [6, 6.07) is 16.0. The summed E-state index contributed by atoms with van der Waals surface area (Å²) in [5.74, 6) is -0.769. The van der Waals surface area contributed by atoms with Gasteiger partial charge in [0.25, 0.3) is 11.5 Å². The number of allylic oxidation sites excluding steroid dienone is 1. The zero-order valence-corrected chi connectivity index (χ0v) is 20.2. The number of carbonyl (C=O) groups excluding carboxylic acids is 2. The van der Waals surface area contributed by atoms with Crippen LogP contribution in [0.2, 0.25) is 0 Å². The first-order valence-corrected chi connectivity index (χ1v) is 12.1. The number of esters is 1. The van der Waals surface area contributed by atoms with Crippen molar-refractivity contribution in [2.45, 2.75) is 19.9 Å². The molecule has 0 radical (unpaired) electrons. The van der Waals surface area contributed by atoms with E-state index >= 15 is 0 Å². The minimum absolute atomic E-state index is 0.0455. The highest BCUT2D eigenvalue weighted by Gasteiger charge is 2.36. The lowest BCUT2D eigenvalue weighted by Gasteiger charge is -2.24. The fourth-order valence-electron chi connectivity index (χ4n) is 4.61. The number of anilines is 1. The van der Waals surface area contributed by atoms with Crippen molar-refractivity contribution in [3.63, 3.8) is 0 Å². The molecule has 0 fully saturated rings. The van der Waals surface area contributed by atoms with Gasteiger partial charge in [-0.2, -0.15) is 0 Å². The Morgan fingerprint density at radius 3 is 2.57 bits per heavy atom. The highest BCUT2D eigenvalue weighted by molar-refractivity contribution is 7.07. The standard InChI is InChI=1S/C27H23N3O4S/c1-4-15-34-26(33)20-16(3)28-27-30(22(20)17-11-7-6-8-12-17)25(32)23(35-27)21-18-13-9-10-14-19(18)29(5-2)24(21)31/h4,6-14,22H,1,5,15H2,2-3H3/b23-21-/t22-/m1/s1. The third kappa shape index (κ3) is 3.57. The number of thiazole rings is 1. The van der Waals surface area contributed by atoms with E-state index in [0.29, 0.717) is 27.1 Å². The SMILES string of the molecule is C=CCOC(=O)C1=C(C)N=c2s/c(=C3\C(=O)N(CC)c4ccccc43)c(=O)n2[C@@H]1c1ccccc1. The van der Waals surface area contributed by atoms with Crippen LogP contribution >= 0.6 is 11.3 Å². The predicted molar refractivity (Wildman–Crippen MR) is 135 cm³/mol. The molecular weight excluding hydrogens is 462 g/mol. The molecule has 2 aliphatic rings. The van der Waals surface area contributed by atoms with Gasteiger partial charge in [-0.1, -0.05) is 72.5 Å². The van der Waals surface area contributed by atoms with Crippen LogP contribution in [0.4, 0.5) is 5.69 Å². The molecule has 7 nitrogen and oxygen atoms in total. The van der Waals surface area contributed by atoms with Crippen LogP contribution in [0.1, 0.15) is 31.0 Å². The van der Waals surface area contributed by atoms with Crippen LogP contribution in [0, 0.1) is 0 Å². The maximum absolute atomic E-state index is 14.0. The molecule has 0 unspecified atom stereocenters. The lowest BCUT2D eigenvalue weighted by atomic mass is 9.96. The van der Waals surface area contributed by atoms with Crippen LogP contribution in [0.5, 0.6) is 0 Å². The van der Waals surface area contributed by atoms with Gasteiger partial charge in [0.15, 0.2) is 4.80 Å². The zero-order chi connectivity index (χ0) is 24.7. The molecule has 1 amide bonds. The molecule has 3 aromatic rings. The van der Waals surface area contributed by atoms with Gasteiger partial charge in [0.05, 0.1) is 28.6 Å². The largest absolute Gasteiger partial charge is 0.458 e. The average molecular weight is 486 g/mol. The Morgan fingerprint density at radius 1 is 1.14 bits per heavy atom. The number of benzene rings is 2.